The van der Waals surface area contributed by atoms with Crippen LogP contribution in [-0.4, -0.2) is 43.2 Å². The summed E-state index contributed by atoms with van der Waals surface area (Å²) in [5, 5.41) is 14.4. The van der Waals surface area contributed by atoms with Crippen molar-refractivity contribution in [3.63, 3.8) is 0 Å². The van der Waals surface area contributed by atoms with E-state index in [9.17, 15) is 19.7 Å². The highest BCUT2D eigenvalue weighted by molar-refractivity contribution is 7.97. The predicted molar refractivity (Wildman–Crippen MR) is 150 cm³/mol. The van der Waals surface area contributed by atoms with Gasteiger partial charge in [0.2, 0.25) is 0 Å². The number of nitro groups is 1. The molecule has 1 aromatic carbocycles. The minimum absolute atomic E-state index is 0.0403. The van der Waals surface area contributed by atoms with Gasteiger partial charge in [-0.25, -0.2) is 4.72 Å². The molecule has 0 radical (unpaired) electrons. The molecule has 9 heteroatoms. The molecule has 208 valence electrons. The van der Waals surface area contributed by atoms with Crippen LogP contribution in [0, 0.1) is 33.3 Å². The van der Waals surface area contributed by atoms with Crippen molar-refractivity contribution in [1.29, 1.82) is 0 Å². The Balaban J connectivity index is 0.000000247. The van der Waals surface area contributed by atoms with Gasteiger partial charge in [0.05, 0.1) is 10.5 Å². The van der Waals surface area contributed by atoms with Gasteiger partial charge in [0.25, 0.3) is 5.69 Å². The molecule has 2 bridgehead atoms. The number of nitrogens with two attached hydrogens (primary N) is 1. The molecule has 1 aromatic rings. The van der Waals surface area contributed by atoms with Crippen LogP contribution in [0.4, 0.5) is 5.69 Å². The van der Waals surface area contributed by atoms with Crippen LogP contribution < -0.4 is 15.8 Å². The molecular weight excluding hydrogens is 488 g/mol. The first-order valence-electron chi connectivity index (χ1n) is 13.6. The molecule has 0 heterocycles. The molecule has 0 spiro atoms. The highest BCUT2D eigenvalue weighted by Gasteiger charge is 2.45. The Kier molecular flexibility index (Phi) is 12.7. The van der Waals surface area contributed by atoms with Crippen LogP contribution in [0.25, 0.3) is 0 Å². The quantitative estimate of drug-likeness (QED) is 0.178. The zero-order valence-electron chi connectivity index (χ0n) is 22.9. The molecule has 0 amide bonds. The lowest BCUT2D eigenvalue weighted by atomic mass is 9.57. The van der Waals surface area contributed by atoms with E-state index >= 15 is 0 Å². The van der Waals surface area contributed by atoms with Crippen molar-refractivity contribution in [2.75, 3.05) is 14.1 Å². The number of fused-ring (bicyclic) bond motifs is 2. The van der Waals surface area contributed by atoms with Gasteiger partial charge in [0.1, 0.15) is 17.5 Å². The third-order valence-electron chi connectivity index (χ3n) is 8.31. The van der Waals surface area contributed by atoms with Crippen molar-refractivity contribution < 1.29 is 14.5 Å². The fraction of sp³-hybridized carbons (Fsp3) is 0.714. The first-order chi connectivity index (χ1) is 17.8. The number of nitrogens with one attached hydrogen (secondary N) is 2. The SMILES string of the molecule is CCC1CC2CC(CC(C)(C=O)C2)C1NC.CN.O=CC1(NSc2ccccc2[N+](=O)[O-])CCCCC1. The Morgan fingerprint density at radius 2 is 1.78 bits per heavy atom. The Hall–Kier alpha value is -1.81. The van der Waals surface area contributed by atoms with E-state index < -0.39 is 10.5 Å². The molecule has 3 saturated carbocycles. The number of hydrogen-bond acceptors (Lipinski definition) is 8. The molecule has 3 aliphatic rings. The van der Waals surface area contributed by atoms with Crippen molar-refractivity contribution in [2.24, 2.45) is 28.9 Å². The topological polar surface area (TPSA) is 127 Å². The third-order valence-corrected chi connectivity index (χ3v) is 9.38. The lowest BCUT2D eigenvalue weighted by Crippen LogP contribution is -2.50. The van der Waals surface area contributed by atoms with Gasteiger partial charge in [-0.05, 0) is 88.4 Å². The van der Waals surface area contributed by atoms with Gasteiger partial charge in [0, 0.05) is 17.5 Å². The first kappa shape index (κ1) is 31.4. The largest absolute Gasteiger partial charge is 0.333 e. The molecule has 4 N–H and O–H groups in total. The van der Waals surface area contributed by atoms with E-state index in [1.807, 2.05) is 0 Å². The zero-order chi connectivity index (χ0) is 27.5. The molecule has 0 saturated heterocycles. The van der Waals surface area contributed by atoms with Crippen molar-refractivity contribution in [2.45, 2.75) is 94.5 Å². The molecule has 4 rings (SSSR count). The van der Waals surface area contributed by atoms with Crippen LogP contribution in [0.15, 0.2) is 29.2 Å². The molecule has 0 aliphatic heterocycles. The maximum Gasteiger partial charge on any atom is 0.284 e. The highest BCUT2D eigenvalue weighted by atomic mass is 32.2. The van der Waals surface area contributed by atoms with E-state index in [0.29, 0.717) is 10.9 Å². The third kappa shape index (κ3) is 8.34. The Bertz CT molecular complexity index is 879. The van der Waals surface area contributed by atoms with Gasteiger partial charge in [-0.2, -0.15) is 0 Å². The minimum atomic E-state index is -0.535. The van der Waals surface area contributed by atoms with Crippen LogP contribution >= 0.6 is 11.9 Å². The number of rotatable bonds is 8. The number of carbonyl (C=O) groups is 2. The van der Waals surface area contributed by atoms with Crippen LogP contribution in [0.1, 0.15) is 78.1 Å². The Labute approximate surface area is 226 Å². The van der Waals surface area contributed by atoms with E-state index in [2.05, 4.69) is 36.7 Å². The Morgan fingerprint density at radius 1 is 1.11 bits per heavy atom. The van der Waals surface area contributed by atoms with Gasteiger partial charge in [-0.1, -0.05) is 51.7 Å². The molecule has 37 heavy (non-hydrogen) atoms. The predicted octanol–water partition coefficient (Wildman–Crippen LogP) is 5.29. The average molecular weight is 535 g/mol. The van der Waals surface area contributed by atoms with Crippen LogP contribution in [-0.2, 0) is 9.59 Å². The van der Waals surface area contributed by atoms with E-state index in [0.717, 1.165) is 69.0 Å². The molecule has 0 aromatic heterocycles. The summed E-state index contributed by atoms with van der Waals surface area (Å²) in [7, 11) is 3.58. The van der Waals surface area contributed by atoms with Gasteiger partial charge in [-0.3, -0.25) is 10.1 Å². The van der Waals surface area contributed by atoms with Crippen molar-refractivity contribution in [3.05, 3.63) is 34.4 Å². The minimum Gasteiger partial charge on any atom is -0.333 e. The Morgan fingerprint density at radius 3 is 2.35 bits per heavy atom. The maximum atomic E-state index is 11.3. The molecule has 3 fully saturated rings. The van der Waals surface area contributed by atoms with Crippen molar-refractivity contribution in [3.8, 4) is 0 Å². The standard InChI is InChI=1S/C14H25NO.C13H16N2O3S.CH5N/c1-4-11-5-10-6-12(13(11)15-3)8-14(2,7-10)9-16;16-10-13(8-4-1-5-9-13)14-19-12-7-3-2-6-11(12)15(17)18;1-2/h9-13,15H,4-8H2,1-3H3;2-3,6-7,10,14H,1,4-5,8-9H2;2H2,1H3. The summed E-state index contributed by atoms with van der Waals surface area (Å²) in [6, 6.07) is 7.19. The summed E-state index contributed by atoms with van der Waals surface area (Å²) >= 11 is 1.18. The molecular formula is C28H46N4O4S. The van der Waals surface area contributed by atoms with Gasteiger partial charge in [-0.15, -0.1) is 0 Å². The first-order valence-corrected chi connectivity index (χ1v) is 14.5. The van der Waals surface area contributed by atoms with Crippen LogP contribution in [0.3, 0.4) is 0 Å². The van der Waals surface area contributed by atoms with Gasteiger partial charge < -0.3 is 20.6 Å². The average Bonchev–Trinajstić information content (AvgIpc) is 2.93. The summed E-state index contributed by atoms with van der Waals surface area (Å²) < 4.78 is 3.14. The summed E-state index contributed by atoms with van der Waals surface area (Å²) in [5.74, 6) is 2.34. The van der Waals surface area contributed by atoms with E-state index in [-0.39, 0.29) is 11.1 Å². The summed E-state index contributed by atoms with van der Waals surface area (Å²) in [4.78, 5) is 33.6. The van der Waals surface area contributed by atoms with Crippen molar-refractivity contribution in [1.82, 2.24) is 10.0 Å². The fourth-order valence-corrected chi connectivity index (χ4v) is 7.57. The summed E-state index contributed by atoms with van der Waals surface area (Å²) in [6.45, 7) is 4.45. The second-order valence-corrected chi connectivity index (χ2v) is 11.9. The van der Waals surface area contributed by atoms with Gasteiger partial charge >= 0.3 is 0 Å². The normalized spacial score (nSPS) is 30.0. The number of hydrogen-bond donors (Lipinski definition) is 3. The zero-order valence-corrected chi connectivity index (χ0v) is 23.7. The number of carbonyl (C=O) groups excluding carboxylic acids is 2. The molecule has 8 nitrogen and oxygen atoms in total. The molecule has 5 unspecified atom stereocenters. The smallest absolute Gasteiger partial charge is 0.284 e. The molecule has 3 aliphatic carbocycles. The monoisotopic (exact) mass is 534 g/mol. The number of aldehydes is 2. The highest BCUT2D eigenvalue weighted by Crippen LogP contribution is 2.50. The van der Waals surface area contributed by atoms with Crippen LogP contribution in [0.5, 0.6) is 0 Å². The fourth-order valence-electron chi connectivity index (χ4n) is 6.62. The maximum absolute atomic E-state index is 11.3. The molecule has 5 atom stereocenters. The van der Waals surface area contributed by atoms with Crippen LogP contribution in [0.2, 0.25) is 0 Å². The second kappa shape index (κ2) is 15.0. The summed E-state index contributed by atoms with van der Waals surface area (Å²) in [5.41, 5.74) is 3.99. The summed E-state index contributed by atoms with van der Waals surface area (Å²) in [6.07, 6.45) is 13.1. The number of nitrogens with zero attached hydrogens (tertiary/aromatic N) is 1. The number of nitro benzene ring substituents is 1. The lowest BCUT2D eigenvalue weighted by Gasteiger charge is -2.50. The lowest BCUT2D eigenvalue weighted by molar-refractivity contribution is -0.387. The van der Waals surface area contributed by atoms with E-state index in [4.69, 9.17) is 0 Å². The van der Waals surface area contributed by atoms with E-state index in [1.54, 1.807) is 18.2 Å². The van der Waals surface area contributed by atoms with E-state index in [1.165, 1.54) is 50.6 Å². The number of para-hydroxylation sites is 1. The van der Waals surface area contributed by atoms with Gasteiger partial charge in [0.15, 0.2) is 0 Å². The second-order valence-electron chi connectivity index (χ2n) is 11.0. The van der Waals surface area contributed by atoms with Crippen molar-refractivity contribution >= 4 is 30.2 Å². The number of benzene rings is 1.